The highest BCUT2D eigenvalue weighted by Gasteiger charge is 2.10. The third-order valence-corrected chi connectivity index (χ3v) is 5.89. The summed E-state index contributed by atoms with van der Waals surface area (Å²) in [5.74, 6) is 0.691. The Kier molecular flexibility index (Phi) is 5.50. The molecule has 2 aromatic heterocycles. The van der Waals surface area contributed by atoms with Crippen LogP contribution in [0.1, 0.15) is 24.4 Å². The van der Waals surface area contributed by atoms with Crippen LogP contribution in [-0.2, 0) is 6.42 Å². The first-order valence-electron chi connectivity index (χ1n) is 6.35. The van der Waals surface area contributed by atoms with Crippen LogP contribution in [0.2, 0.25) is 0 Å². The van der Waals surface area contributed by atoms with Crippen molar-refractivity contribution >= 4 is 38.6 Å². The van der Waals surface area contributed by atoms with Gasteiger partial charge in [-0.25, -0.2) is 0 Å². The van der Waals surface area contributed by atoms with Crippen molar-refractivity contribution in [1.82, 2.24) is 15.5 Å². The maximum atomic E-state index is 4.29. The molecule has 0 bridgehead atoms. The fourth-order valence-corrected chi connectivity index (χ4v) is 4.02. The number of halogens is 1. The summed E-state index contributed by atoms with van der Waals surface area (Å²) in [6.07, 6.45) is 0.954. The lowest BCUT2D eigenvalue weighted by Gasteiger charge is -2.04. The van der Waals surface area contributed by atoms with E-state index >= 15 is 0 Å². The maximum absolute atomic E-state index is 4.29. The largest absolute Gasteiger partial charge is 0.316 e. The van der Waals surface area contributed by atoms with E-state index in [0.717, 1.165) is 29.5 Å². The van der Waals surface area contributed by atoms with Crippen LogP contribution in [0.15, 0.2) is 9.85 Å². The molecule has 0 aliphatic heterocycles. The second kappa shape index (κ2) is 6.92. The summed E-state index contributed by atoms with van der Waals surface area (Å²) in [6.45, 7) is 8.56. The smallest absolute Gasteiger partial charge is 0.157 e. The van der Waals surface area contributed by atoms with E-state index in [1.165, 1.54) is 14.2 Å². The topological polar surface area (TPSA) is 37.8 Å². The van der Waals surface area contributed by atoms with Crippen molar-refractivity contribution in [3.8, 4) is 9.88 Å². The Hall–Kier alpha value is -0.300. The monoisotopic (exact) mass is 359 g/mol. The van der Waals surface area contributed by atoms with Crippen LogP contribution in [0.4, 0.5) is 0 Å². The first-order valence-corrected chi connectivity index (χ1v) is 8.78. The van der Waals surface area contributed by atoms with Crippen LogP contribution >= 0.6 is 38.6 Å². The maximum Gasteiger partial charge on any atom is 0.157 e. The molecule has 0 saturated heterocycles. The Bertz CT molecular complexity index is 514. The van der Waals surface area contributed by atoms with Crippen molar-refractivity contribution in [2.75, 3.05) is 13.1 Å². The molecule has 0 radical (unpaired) electrons. The number of aromatic nitrogens is 2. The van der Waals surface area contributed by atoms with Crippen molar-refractivity contribution in [2.45, 2.75) is 27.2 Å². The molecular weight excluding hydrogens is 342 g/mol. The van der Waals surface area contributed by atoms with Crippen LogP contribution < -0.4 is 5.32 Å². The lowest BCUT2D eigenvalue weighted by molar-refractivity contribution is 0.553. The van der Waals surface area contributed by atoms with Crippen molar-refractivity contribution < 1.29 is 0 Å². The molecule has 0 saturated carbocycles. The molecule has 0 fully saturated rings. The van der Waals surface area contributed by atoms with Crippen LogP contribution in [0, 0.1) is 12.8 Å². The number of hydrogen-bond donors (Lipinski definition) is 1. The zero-order valence-corrected chi connectivity index (χ0v) is 14.6. The third-order valence-electron chi connectivity index (χ3n) is 2.60. The molecule has 0 aromatic carbocycles. The van der Waals surface area contributed by atoms with E-state index in [9.17, 15) is 0 Å². The Morgan fingerprint density at radius 2 is 2.11 bits per heavy atom. The average Bonchev–Trinajstić information content (AvgIpc) is 2.93. The van der Waals surface area contributed by atoms with Crippen LogP contribution in [-0.4, -0.2) is 23.3 Å². The number of nitrogens with zero attached hydrogens (tertiary/aromatic N) is 2. The molecule has 0 spiro atoms. The summed E-state index contributed by atoms with van der Waals surface area (Å²) >= 11 is 6.97. The predicted molar refractivity (Wildman–Crippen MR) is 87.1 cm³/mol. The molecule has 2 aromatic rings. The number of thiophene rings is 1. The quantitative estimate of drug-likeness (QED) is 0.788. The molecule has 3 nitrogen and oxygen atoms in total. The van der Waals surface area contributed by atoms with Gasteiger partial charge in [0.25, 0.3) is 0 Å². The molecule has 0 aliphatic carbocycles. The second-order valence-electron chi connectivity index (χ2n) is 4.92. The highest BCUT2D eigenvalue weighted by molar-refractivity contribution is 9.11. The Morgan fingerprint density at radius 1 is 1.32 bits per heavy atom. The summed E-state index contributed by atoms with van der Waals surface area (Å²) < 4.78 is 1.18. The minimum Gasteiger partial charge on any atom is -0.316 e. The lowest BCUT2D eigenvalue weighted by Crippen LogP contribution is -2.22. The van der Waals surface area contributed by atoms with E-state index in [-0.39, 0.29) is 0 Å². The molecule has 2 rings (SSSR count). The van der Waals surface area contributed by atoms with E-state index in [1.54, 1.807) is 22.7 Å². The highest BCUT2D eigenvalue weighted by Crippen LogP contribution is 2.35. The SMILES string of the molecule is Cc1cc(-c2nnc(CCNCC(C)C)s2)sc1Br. The summed E-state index contributed by atoms with van der Waals surface area (Å²) in [7, 11) is 0. The first kappa shape index (κ1) is 15.1. The molecule has 1 N–H and O–H groups in total. The van der Waals surface area contributed by atoms with Gasteiger partial charge in [0.05, 0.1) is 8.66 Å². The summed E-state index contributed by atoms with van der Waals surface area (Å²) in [6, 6.07) is 2.16. The van der Waals surface area contributed by atoms with Gasteiger partial charge in [-0.05, 0) is 46.9 Å². The van der Waals surface area contributed by atoms with Crippen molar-refractivity contribution in [1.29, 1.82) is 0 Å². The highest BCUT2D eigenvalue weighted by atomic mass is 79.9. The van der Waals surface area contributed by atoms with Crippen LogP contribution in [0.3, 0.4) is 0 Å². The van der Waals surface area contributed by atoms with Gasteiger partial charge in [0.1, 0.15) is 5.01 Å². The minimum atomic E-state index is 0.691. The molecule has 0 amide bonds. The first-order chi connectivity index (χ1) is 9.06. The van der Waals surface area contributed by atoms with E-state index in [1.807, 2.05) is 0 Å². The van der Waals surface area contributed by atoms with E-state index in [0.29, 0.717) is 5.92 Å². The summed E-state index contributed by atoms with van der Waals surface area (Å²) in [4.78, 5) is 1.20. The van der Waals surface area contributed by atoms with Crippen molar-refractivity contribution in [3.05, 3.63) is 20.4 Å². The van der Waals surface area contributed by atoms with E-state index in [4.69, 9.17) is 0 Å². The molecule has 2 heterocycles. The number of nitrogens with one attached hydrogen (secondary N) is 1. The number of hydrogen-bond acceptors (Lipinski definition) is 5. The molecule has 0 unspecified atom stereocenters. The van der Waals surface area contributed by atoms with Crippen molar-refractivity contribution in [2.24, 2.45) is 5.92 Å². The van der Waals surface area contributed by atoms with Gasteiger partial charge < -0.3 is 5.32 Å². The summed E-state index contributed by atoms with van der Waals surface area (Å²) in [5, 5.41) is 14.1. The predicted octanol–water partition coefficient (Wildman–Crippen LogP) is 4.13. The normalized spacial score (nSPS) is 11.4. The number of aryl methyl sites for hydroxylation is 1. The zero-order valence-electron chi connectivity index (χ0n) is 11.4. The Balaban J connectivity index is 1.92. The van der Waals surface area contributed by atoms with E-state index in [2.05, 4.69) is 58.3 Å². The van der Waals surface area contributed by atoms with Gasteiger partial charge in [-0.3, -0.25) is 0 Å². The van der Waals surface area contributed by atoms with Crippen molar-refractivity contribution in [3.63, 3.8) is 0 Å². The van der Waals surface area contributed by atoms with Gasteiger partial charge >= 0.3 is 0 Å². The molecule has 104 valence electrons. The lowest BCUT2D eigenvalue weighted by atomic mass is 10.2. The van der Waals surface area contributed by atoms with Gasteiger partial charge in [-0.2, -0.15) is 0 Å². The molecular formula is C13H18BrN3S2. The van der Waals surface area contributed by atoms with Gasteiger partial charge in [0.2, 0.25) is 0 Å². The molecule has 0 atom stereocenters. The standard InChI is InChI=1S/C13H18BrN3S2/c1-8(2)7-15-5-4-11-16-17-13(19-11)10-6-9(3)12(14)18-10/h6,8,15H,4-5,7H2,1-3H3. The van der Waals surface area contributed by atoms with E-state index < -0.39 is 0 Å². The molecule has 0 aliphatic rings. The fourth-order valence-electron chi connectivity index (χ4n) is 1.61. The Labute approximate surface area is 130 Å². The average molecular weight is 360 g/mol. The van der Waals surface area contributed by atoms with Gasteiger partial charge in [-0.15, -0.1) is 21.5 Å². The van der Waals surface area contributed by atoms with Gasteiger partial charge in [-0.1, -0.05) is 25.2 Å². The Morgan fingerprint density at radius 3 is 2.74 bits per heavy atom. The third kappa shape index (κ3) is 4.34. The van der Waals surface area contributed by atoms with Gasteiger partial charge in [0.15, 0.2) is 5.01 Å². The van der Waals surface area contributed by atoms with Gasteiger partial charge in [0, 0.05) is 13.0 Å². The van der Waals surface area contributed by atoms with Crippen LogP contribution in [0.25, 0.3) is 9.88 Å². The summed E-state index contributed by atoms with van der Waals surface area (Å²) in [5.41, 5.74) is 1.26. The molecule has 6 heteroatoms. The zero-order chi connectivity index (χ0) is 13.8. The van der Waals surface area contributed by atoms with Crippen LogP contribution in [0.5, 0.6) is 0 Å². The fraction of sp³-hybridized carbons (Fsp3) is 0.538. The molecule has 19 heavy (non-hydrogen) atoms. The number of rotatable bonds is 6. The minimum absolute atomic E-state index is 0.691. The second-order valence-corrected chi connectivity index (χ2v) is 8.35.